The van der Waals surface area contributed by atoms with Crippen LogP contribution in [0.25, 0.3) is 11.3 Å². The summed E-state index contributed by atoms with van der Waals surface area (Å²) >= 11 is 0. The Kier molecular flexibility index (Phi) is 10.1. The molecular weight excluding hydrogens is 542 g/mol. The van der Waals surface area contributed by atoms with Crippen LogP contribution in [-0.4, -0.2) is 41.6 Å². The van der Waals surface area contributed by atoms with Crippen molar-refractivity contribution in [1.82, 2.24) is 5.32 Å². The van der Waals surface area contributed by atoms with Crippen LogP contribution in [0.1, 0.15) is 45.4 Å². The molecule has 0 radical (unpaired) electrons. The second-order valence-electron chi connectivity index (χ2n) is 9.08. The van der Waals surface area contributed by atoms with E-state index >= 15 is 0 Å². The Morgan fingerprint density at radius 3 is 2.07 bits per heavy atom. The summed E-state index contributed by atoms with van der Waals surface area (Å²) in [5, 5.41) is 11.7. The van der Waals surface area contributed by atoms with Crippen LogP contribution in [0.2, 0.25) is 0 Å². The fourth-order valence-electron chi connectivity index (χ4n) is 3.97. The summed E-state index contributed by atoms with van der Waals surface area (Å²) in [5.74, 6) is -3.21. The van der Waals surface area contributed by atoms with Gasteiger partial charge in [-0.3, -0.25) is 9.59 Å². The van der Waals surface area contributed by atoms with Crippen molar-refractivity contribution in [3.8, 4) is 17.1 Å². The van der Waals surface area contributed by atoms with E-state index < -0.39 is 36.3 Å². The van der Waals surface area contributed by atoms with Crippen molar-refractivity contribution in [2.24, 2.45) is 0 Å². The lowest BCUT2D eigenvalue weighted by atomic mass is 10.1. The van der Waals surface area contributed by atoms with Crippen molar-refractivity contribution < 1.29 is 42.9 Å². The molecule has 10 heteroatoms. The third-order valence-corrected chi connectivity index (χ3v) is 6.05. The van der Waals surface area contributed by atoms with Crippen molar-refractivity contribution in [2.75, 3.05) is 6.61 Å². The van der Waals surface area contributed by atoms with E-state index in [0.717, 1.165) is 11.1 Å². The number of nitrogens with one attached hydrogen (secondary N) is 1. The number of carbonyl (C=O) groups is 4. The van der Waals surface area contributed by atoms with Crippen LogP contribution in [0.4, 0.5) is 0 Å². The summed E-state index contributed by atoms with van der Waals surface area (Å²) in [6.07, 6.45) is -0.460. The molecule has 0 aliphatic rings. The zero-order chi connectivity index (χ0) is 29.9. The molecule has 2 N–H and O–H groups in total. The number of hydrogen-bond donors (Lipinski definition) is 2. The van der Waals surface area contributed by atoms with Crippen molar-refractivity contribution in [3.63, 3.8) is 0 Å². The summed E-state index contributed by atoms with van der Waals surface area (Å²) in [6, 6.07) is 24.0. The minimum Gasteiger partial charge on any atom is -0.493 e. The van der Waals surface area contributed by atoms with Crippen LogP contribution < -0.4 is 10.1 Å². The number of aromatic carboxylic acids is 1. The van der Waals surface area contributed by atoms with Gasteiger partial charge in [0.05, 0.1) is 18.6 Å². The van der Waals surface area contributed by atoms with Gasteiger partial charge in [0.25, 0.3) is 5.91 Å². The number of ether oxygens (including phenoxy) is 3. The molecule has 3 aromatic carbocycles. The molecule has 0 aliphatic heterocycles. The number of carboxylic acids is 1. The minimum absolute atomic E-state index is 0.00568. The molecule has 1 unspecified atom stereocenters. The predicted molar refractivity (Wildman–Crippen MR) is 151 cm³/mol. The number of carbonyl (C=O) groups excluding carboxylic acids is 3. The Hall–Kier alpha value is -5.38. The van der Waals surface area contributed by atoms with Crippen LogP contribution in [0, 0.1) is 0 Å². The Bertz CT molecular complexity index is 1530. The lowest BCUT2D eigenvalue weighted by Crippen LogP contribution is -2.43. The smallest absolute Gasteiger partial charge is 0.371 e. The van der Waals surface area contributed by atoms with Crippen LogP contribution in [-0.2, 0) is 32.3 Å². The van der Waals surface area contributed by atoms with Crippen molar-refractivity contribution in [3.05, 3.63) is 113 Å². The van der Waals surface area contributed by atoms with E-state index in [1.807, 2.05) is 24.3 Å². The zero-order valence-electron chi connectivity index (χ0n) is 22.8. The Morgan fingerprint density at radius 2 is 1.48 bits per heavy atom. The third-order valence-electron chi connectivity index (χ3n) is 6.05. The fourth-order valence-corrected chi connectivity index (χ4v) is 3.97. The summed E-state index contributed by atoms with van der Waals surface area (Å²) < 4.78 is 21.8. The highest BCUT2D eigenvalue weighted by Gasteiger charge is 2.28. The van der Waals surface area contributed by atoms with E-state index in [2.05, 4.69) is 5.32 Å². The maximum absolute atomic E-state index is 13.4. The number of hydrogen-bond acceptors (Lipinski definition) is 8. The number of benzene rings is 3. The average Bonchev–Trinajstić information content (AvgIpc) is 3.51. The first kappa shape index (κ1) is 29.6. The van der Waals surface area contributed by atoms with Gasteiger partial charge in [-0.15, -0.1) is 0 Å². The molecule has 1 amide bonds. The molecule has 1 aromatic heterocycles. The first-order chi connectivity index (χ1) is 20.3. The molecule has 4 aromatic rings. The third kappa shape index (κ3) is 8.07. The summed E-state index contributed by atoms with van der Waals surface area (Å²) in [6.45, 7) is 1.91. The average molecular weight is 572 g/mol. The molecule has 0 fully saturated rings. The zero-order valence-corrected chi connectivity index (χ0v) is 22.8. The Morgan fingerprint density at radius 1 is 0.833 bits per heavy atom. The van der Waals surface area contributed by atoms with Crippen LogP contribution in [0.5, 0.6) is 5.75 Å². The van der Waals surface area contributed by atoms with Gasteiger partial charge in [-0.2, -0.15) is 0 Å². The van der Waals surface area contributed by atoms with Gasteiger partial charge in [0.15, 0.2) is 0 Å². The lowest BCUT2D eigenvalue weighted by molar-refractivity contribution is -0.153. The van der Waals surface area contributed by atoms with E-state index in [1.54, 1.807) is 49.4 Å². The molecule has 1 heterocycles. The number of carboxylic acid groups (broad SMARTS) is 1. The van der Waals surface area contributed by atoms with Gasteiger partial charge in [0.2, 0.25) is 5.76 Å². The predicted octanol–water partition coefficient (Wildman–Crippen LogP) is 5.02. The highest BCUT2D eigenvalue weighted by Crippen LogP contribution is 2.29. The summed E-state index contributed by atoms with van der Waals surface area (Å²) in [5.41, 5.74) is 2.07. The lowest BCUT2D eigenvalue weighted by Gasteiger charge is -2.19. The minimum atomic E-state index is -1.35. The van der Waals surface area contributed by atoms with E-state index in [9.17, 15) is 19.2 Å². The van der Waals surface area contributed by atoms with E-state index in [1.165, 1.54) is 24.3 Å². The van der Waals surface area contributed by atoms with Crippen LogP contribution >= 0.6 is 0 Å². The first-order valence-electron chi connectivity index (χ1n) is 13.2. The topological polar surface area (TPSA) is 141 Å². The second-order valence-corrected chi connectivity index (χ2v) is 9.08. The van der Waals surface area contributed by atoms with Crippen LogP contribution in [0.15, 0.2) is 95.4 Å². The van der Waals surface area contributed by atoms with Gasteiger partial charge in [-0.1, -0.05) is 66.7 Å². The van der Waals surface area contributed by atoms with E-state index in [4.69, 9.17) is 23.7 Å². The molecule has 0 aliphatic carbocycles. The van der Waals surface area contributed by atoms with Gasteiger partial charge in [-0.05, 0) is 42.3 Å². The summed E-state index contributed by atoms with van der Waals surface area (Å²) in [7, 11) is 0. The van der Waals surface area contributed by atoms with Crippen LogP contribution in [0.3, 0.4) is 0 Å². The Labute approximate surface area is 241 Å². The van der Waals surface area contributed by atoms with Crippen molar-refractivity contribution in [1.29, 1.82) is 0 Å². The second kappa shape index (κ2) is 14.3. The molecule has 42 heavy (non-hydrogen) atoms. The molecule has 0 spiro atoms. The van der Waals surface area contributed by atoms with Crippen molar-refractivity contribution >= 4 is 23.8 Å². The van der Waals surface area contributed by atoms with Gasteiger partial charge in [-0.25, -0.2) is 9.59 Å². The highest BCUT2D eigenvalue weighted by molar-refractivity contribution is 6.00. The molecule has 0 saturated heterocycles. The van der Waals surface area contributed by atoms with Gasteiger partial charge in [0.1, 0.15) is 30.8 Å². The molecule has 1 atom stereocenters. The normalized spacial score (nSPS) is 11.3. The van der Waals surface area contributed by atoms with E-state index in [0.29, 0.717) is 5.56 Å². The van der Waals surface area contributed by atoms with E-state index in [-0.39, 0.29) is 42.7 Å². The highest BCUT2D eigenvalue weighted by atomic mass is 16.5. The summed E-state index contributed by atoms with van der Waals surface area (Å²) in [4.78, 5) is 50.3. The monoisotopic (exact) mass is 571 g/mol. The van der Waals surface area contributed by atoms with Gasteiger partial charge in [0, 0.05) is 5.56 Å². The largest absolute Gasteiger partial charge is 0.493 e. The molecule has 0 saturated carbocycles. The SMILES string of the molecule is CCOc1cc(-c2ccc(C(=O)O)o2)ccc1C(=O)NC(CC(=O)OCc1ccccc1)C(=O)OCc1ccccc1. The number of furan rings is 1. The van der Waals surface area contributed by atoms with Gasteiger partial charge < -0.3 is 29.1 Å². The fraction of sp³-hybridized carbons (Fsp3) is 0.188. The Balaban J connectivity index is 1.51. The molecule has 4 rings (SSSR count). The molecule has 0 bridgehead atoms. The number of rotatable bonds is 13. The standard InChI is InChI=1S/C32H29NO9/c1-2-39-28-17-23(26-15-16-27(42-26)31(36)37)13-14-24(28)30(35)33-25(32(38)41-20-22-11-7-4-8-12-22)18-29(34)40-19-21-9-5-3-6-10-21/h3-17,25H,2,18-20H2,1H3,(H,33,35)(H,36,37). The number of esters is 2. The van der Waals surface area contributed by atoms with Crippen molar-refractivity contribution in [2.45, 2.75) is 32.6 Å². The molecule has 216 valence electrons. The van der Waals surface area contributed by atoms with Gasteiger partial charge >= 0.3 is 17.9 Å². The number of amides is 1. The molecular formula is C32H29NO9. The first-order valence-corrected chi connectivity index (χ1v) is 13.2. The molecule has 10 nitrogen and oxygen atoms in total. The maximum atomic E-state index is 13.4. The maximum Gasteiger partial charge on any atom is 0.371 e. The quantitative estimate of drug-likeness (QED) is 0.212.